The first-order chi connectivity index (χ1) is 9.85. The molecule has 1 aromatic heterocycles. The molecule has 2 rings (SSSR count). The Morgan fingerprint density at radius 3 is 2.57 bits per heavy atom. The molecule has 0 aromatic carbocycles. The lowest BCUT2D eigenvalue weighted by Crippen LogP contribution is -2.38. The summed E-state index contributed by atoms with van der Waals surface area (Å²) in [5.41, 5.74) is -1.27. The fourth-order valence-electron chi connectivity index (χ4n) is 2.02. The van der Waals surface area contributed by atoms with Crippen LogP contribution in [0.25, 0.3) is 6.08 Å². The number of hydrogen-bond donors (Lipinski definition) is 4. The summed E-state index contributed by atoms with van der Waals surface area (Å²) < 4.78 is 6.69. The summed E-state index contributed by atoms with van der Waals surface area (Å²) in [4.78, 5) is 25.6. The van der Waals surface area contributed by atoms with E-state index in [4.69, 9.17) is 9.84 Å². The standard InChI is InChI=1S/C11H12Br2N2O6/c12-6(13)1-4-2-15(11(20)14-9(4)19)10-8(18)7(17)5(3-16)21-10/h1-2,5,7-8,10,16-18H,3H2,(H,14,19,20)/t5-,7-,8-,10-/m1/s1. The van der Waals surface area contributed by atoms with Gasteiger partial charge in [0.1, 0.15) is 18.3 Å². The van der Waals surface area contributed by atoms with Crippen LogP contribution in [0.2, 0.25) is 0 Å². The van der Waals surface area contributed by atoms with Gasteiger partial charge in [-0.15, -0.1) is 0 Å². The molecule has 0 amide bonds. The number of nitrogens with zero attached hydrogens (tertiary/aromatic N) is 1. The van der Waals surface area contributed by atoms with E-state index in [0.29, 0.717) is 3.39 Å². The third-order valence-corrected chi connectivity index (χ3v) is 3.51. The topological polar surface area (TPSA) is 125 Å². The van der Waals surface area contributed by atoms with Gasteiger partial charge < -0.3 is 20.1 Å². The van der Waals surface area contributed by atoms with Crippen LogP contribution in [-0.2, 0) is 4.74 Å². The maximum Gasteiger partial charge on any atom is 0.330 e. The van der Waals surface area contributed by atoms with Gasteiger partial charge in [-0.3, -0.25) is 14.3 Å². The zero-order chi connectivity index (χ0) is 15.7. The summed E-state index contributed by atoms with van der Waals surface area (Å²) in [7, 11) is 0. The fraction of sp³-hybridized carbons (Fsp3) is 0.455. The van der Waals surface area contributed by atoms with Gasteiger partial charge in [0, 0.05) is 6.20 Å². The molecule has 0 aliphatic carbocycles. The number of H-pyrrole nitrogens is 1. The van der Waals surface area contributed by atoms with E-state index in [2.05, 4.69) is 36.8 Å². The molecule has 0 unspecified atom stereocenters. The Kier molecular flexibility index (Phi) is 5.17. The summed E-state index contributed by atoms with van der Waals surface area (Å²) in [5, 5.41) is 28.6. The Labute approximate surface area is 134 Å². The molecule has 8 nitrogen and oxygen atoms in total. The first kappa shape index (κ1) is 16.6. The average molecular weight is 428 g/mol. The van der Waals surface area contributed by atoms with Gasteiger partial charge in [0.15, 0.2) is 6.23 Å². The summed E-state index contributed by atoms with van der Waals surface area (Å²) in [6, 6.07) is 0. The molecule has 21 heavy (non-hydrogen) atoms. The van der Waals surface area contributed by atoms with Gasteiger partial charge in [-0.1, -0.05) is 0 Å². The van der Waals surface area contributed by atoms with Gasteiger partial charge in [0.05, 0.1) is 15.6 Å². The molecular formula is C11H12Br2N2O6. The molecule has 1 fully saturated rings. The first-order valence-electron chi connectivity index (χ1n) is 5.85. The summed E-state index contributed by atoms with van der Waals surface area (Å²) in [6.07, 6.45) is -2.34. The monoisotopic (exact) mass is 426 g/mol. The SMILES string of the molecule is O=c1[nH]c(=O)n([C@@H]2O[C@H](CO)[C@@H](O)[C@H]2O)cc1C=C(Br)Br. The van der Waals surface area contributed by atoms with Crippen LogP contribution in [0.15, 0.2) is 19.2 Å². The molecule has 0 saturated carbocycles. The van der Waals surface area contributed by atoms with Crippen molar-refractivity contribution in [1.29, 1.82) is 0 Å². The van der Waals surface area contributed by atoms with Crippen molar-refractivity contribution >= 4 is 37.9 Å². The lowest BCUT2D eigenvalue weighted by atomic mass is 10.1. The van der Waals surface area contributed by atoms with Crippen molar-refractivity contribution in [1.82, 2.24) is 9.55 Å². The Balaban J connectivity index is 2.48. The van der Waals surface area contributed by atoms with Crippen molar-refractivity contribution < 1.29 is 20.1 Å². The highest BCUT2D eigenvalue weighted by Crippen LogP contribution is 2.28. The molecule has 4 N–H and O–H groups in total. The Morgan fingerprint density at radius 1 is 1.38 bits per heavy atom. The molecule has 0 spiro atoms. The molecular weight excluding hydrogens is 416 g/mol. The van der Waals surface area contributed by atoms with Crippen molar-refractivity contribution in [2.75, 3.05) is 6.61 Å². The number of rotatable bonds is 3. The number of hydrogen-bond acceptors (Lipinski definition) is 6. The van der Waals surface area contributed by atoms with Gasteiger partial charge in [0.2, 0.25) is 0 Å². The average Bonchev–Trinajstić information content (AvgIpc) is 2.69. The van der Waals surface area contributed by atoms with Gasteiger partial charge in [-0.25, -0.2) is 4.79 Å². The largest absolute Gasteiger partial charge is 0.394 e. The van der Waals surface area contributed by atoms with Crippen molar-refractivity contribution in [3.8, 4) is 0 Å². The molecule has 1 saturated heterocycles. The van der Waals surface area contributed by atoms with E-state index in [-0.39, 0.29) is 5.56 Å². The van der Waals surface area contributed by atoms with E-state index in [9.17, 15) is 19.8 Å². The number of halogens is 2. The van der Waals surface area contributed by atoms with Crippen LogP contribution in [0.3, 0.4) is 0 Å². The van der Waals surface area contributed by atoms with Crippen molar-refractivity contribution in [2.24, 2.45) is 0 Å². The maximum atomic E-state index is 11.8. The number of aliphatic hydroxyl groups excluding tert-OH is 3. The number of aromatic amines is 1. The van der Waals surface area contributed by atoms with Gasteiger partial charge >= 0.3 is 5.69 Å². The molecule has 4 atom stereocenters. The molecule has 1 aromatic rings. The highest BCUT2D eigenvalue weighted by atomic mass is 79.9. The summed E-state index contributed by atoms with van der Waals surface area (Å²) in [6.45, 7) is -0.507. The maximum absolute atomic E-state index is 11.8. The predicted octanol–water partition coefficient (Wildman–Crippen LogP) is -0.764. The van der Waals surface area contributed by atoms with Crippen LogP contribution in [0.1, 0.15) is 11.8 Å². The van der Waals surface area contributed by atoms with Crippen LogP contribution in [0, 0.1) is 0 Å². The van der Waals surface area contributed by atoms with Crippen molar-refractivity contribution in [2.45, 2.75) is 24.5 Å². The van der Waals surface area contributed by atoms with Crippen LogP contribution in [0.5, 0.6) is 0 Å². The highest BCUT2D eigenvalue weighted by Gasteiger charge is 2.43. The lowest BCUT2D eigenvalue weighted by Gasteiger charge is -2.17. The van der Waals surface area contributed by atoms with Crippen LogP contribution < -0.4 is 11.2 Å². The number of nitrogens with one attached hydrogen (secondary N) is 1. The van der Waals surface area contributed by atoms with E-state index < -0.39 is 42.4 Å². The van der Waals surface area contributed by atoms with E-state index in [0.717, 1.165) is 4.57 Å². The lowest BCUT2D eigenvalue weighted by molar-refractivity contribution is -0.0550. The molecule has 1 aliphatic heterocycles. The van der Waals surface area contributed by atoms with E-state index in [1.54, 1.807) is 0 Å². The second-order valence-electron chi connectivity index (χ2n) is 4.41. The molecule has 10 heteroatoms. The second kappa shape index (κ2) is 6.55. The third kappa shape index (κ3) is 3.35. The van der Waals surface area contributed by atoms with Crippen molar-refractivity contribution in [3.63, 3.8) is 0 Å². The third-order valence-electron chi connectivity index (χ3n) is 3.05. The minimum atomic E-state index is -1.41. The Hall–Kier alpha value is -0.780. The Bertz CT molecular complexity index is 665. The second-order valence-corrected chi connectivity index (χ2v) is 7.19. The number of aliphatic hydroxyl groups is 3. The highest BCUT2D eigenvalue weighted by molar-refractivity contribution is 9.28. The predicted molar refractivity (Wildman–Crippen MR) is 80.2 cm³/mol. The molecule has 2 heterocycles. The zero-order valence-corrected chi connectivity index (χ0v) is 13.6. The van der Waals surface area contributed by atoms with Gasteiger partial charge in [-0.05, 0) is 37.9 Å². The number of ether oxygens (including phenoxy) is 1. The van der Waals surface area contributed by atoms with Gasteiger partial charge in [0.25, 0.3) is 5.56 Å². The van der Waals surface area contributed by atoms with Crippen LogP contribution in [-0.4, -0.2) is 49.8 Å². The first-order valence-corrected chi connectivity index (χ1v) is 7.44. The Morgan fingerprint density at radius 2 is 2.05 bits per heavy atom. The van der Waals surface area contributed by atoms with E-state index >= 15 is 0 Å². The summed E-state index contributed by atoms with van der Waals surface area (Å²) in [5.74, 6) is 0. The van der Waals surface area contributed by atoms with E-state index in [1.807, 2.05) is 0 Å². The molecule has 0 radical (unpaired) electrons. The van der Waals surface area contributed by atoms with Crippen molar-refractivity contribution in [3.05, 3.63) is 36.0 Å². The van der Waals surface area contributed by atoms with Gasteiger partial charge in [-0.2, -0.15) is 0 Å². The summed E-state index contributed by atoms with van der Waals surface area (Å²) >= 11 is 6.20. The minimum Gasteiger partial charge on any atom is -0.394 e. The number of aromatic nitrogens is 2. The van der Waals surface area contributed by atoms with Crippen LogP contribution >= 0.6 is 31.9 Å². The zero-order valence-electron chi connectivity index (χ0n) is 10.4. The molecule has 116 valence electrons. The smallest absolute Gasteiger partial charge is 0.330 e. The van der Waals surface area contributed by atoms with E-state index in [1.165, 1.54) is 12.3 Å². The normalized spacial score (nSPS) is 28.6. The quantitative estimate of drug-likeness (QED) is 0.502. The molecule has 1 aliphatic rings. The van der Waals surface area contributed by atoms with Crippen LogP contribution in [0.4, 0.5) is 0 Å². The minimum absolute atomic E-state index is 0.135. The fourth-order valence-corrected chi connectivity index (χ4v) is 2.51. The molecule has 0 bridgehead atoms.